The Bertz CT molecular complexity index is 598. The summed E-state index contributed by atoms with van der Waals surface area (Å²) in [7, 11) is 5.32. The van der Waals surface area contributed by atoms with Crippen molar-refractivity contribution >= 4 is 33.5 Å². The Morgan fingerprint density at radius 1 is 1.36 bits per heavy atom. The minimum Gasteiger partial charge on any atom is -0.468 e. The second kappa shape index (κ2) is 10.1. The summed E-state index contributed by atoms with van der Waals surface area (Å²) in [5.74, 6) is 1.01. The Labute approximate surface area is 157 Å². The highest BCUT2D eigenvalue weighted by Gasteiger charge is 2.17. The molecule has 0 saturated carbocycles. The number of carbonyl (C=O) groups excluding carboxylic acids is 2. The van der Waals surface area contributed by atoms with Gasteiger partial charge in [0.05, 0.1) is 12.8 Å². The van der Waals surface area contributed by atoms with Crippen molar-refractivity contribution in [3.63, 3.8) is 0 Å². The summed E-state index contributed by atoms with van der Waals surface area (Å²) < 4.78 is 6.30. The number of nitrogens with zero attached hydrogens (tertiary/aromatic N) is 2. The first-order valence-electron chi connectivity index (χ1n) is 8.66. The highest BCUT2D eigenvalue weighted by atomic mass is 33.1. The van der Waals surface area contributed by atoms with Gasteiger partial charge in [-0.2, -0.15) is 5.10 Å². The lowest BCUT2D eigenvalue weighted by atomic mass is 10.1. The normalized spacial score (nSPS) is 16.8. The van der Waals surface area contributed by atoms with Crippen LogP contribution >= 0.6 is 21.6 Å². The number of rotatable bonds is 9. The van der Waals surface area contributed by atoms with Gasteiger partial charge < -0.3 is 10.1 Å². The monoisotopic (exact) mass is 385 g/mol. The summed E-state index contributed by atoms with van der Waals surface area (Å²) >= 11 is 0. The van der Waals surface area contributed by atoms with E-state index in [2.05, 4.69) is 15.2 Å². The number of unbranched alkanes of at least 4 members (excludes halogenated alkanes) is 1. The fourth-order valence-electron chi connectivity index (χ4n) is 2.83. The first kappa shape index (κ1) is 20.2. The minimum atomic E-state index is -0.333. The molecule has 1 aliphatic rings. The number of aryl methyl sites for hydroxylation is 1. The SMILES string of the molecule is COC(=O)Cn1nc(C)c(CNC(=O)CCCC[C@H]2CCSS2)c1C. The van der Waals surface area contributed by atoms with Crippen LogP contribution in [-0.2, 0) is 27.4 Å². The van der Waals surface area contributed by atoms with Crippen LogP contribution in [0.1, 0.15) is 49.1 Å². The third-order valence-electron chi connectivity index (χ3n) is 4.41. The maximum absolute atomic E-state index is 12.0. The lowest BCUT2D eigenvalue weighted by Gasteiger charge is -2.08. The zero-order chi connectivity index (χ0) is 18.2. The van der Waals surface area contributed by atoms with E-state index in [0.29, 0.717) is 13.0 Å². The predicted octanol–water partition coefficient (Wildman–Crippen LogP) is 3.00. The molecule has 0 aromatic carbocycles. The predicted molar refractivity (Wildman–Crippen MR) is 102 cm³/mol. The van der Waals surface area contributed by atoms with Crippen LogP contribution in [0.2, 0.25) is 0 Å². The van der Waals surface area contributed by atoms with Gasteiger partial charge in [-0.25, -0.2) is 0 Å². The van der Waals surface area contributed by atoms with Gasteiger partial charge in [0.25, 0.3) is 0 Å². The molecule has 8 heteroatoms. The lowest BCUT2D eigenvalue weighted by Crippen LogP contribution is -2.23. The van der Waals surface area contributed by atoms with Crippen molar-refractivity contribution in [1.29, 1.82) is 0 Å². The number of carbonyl (C=O) groups is 2. The number of hydrogen-bond donors (Lipinski definition) is 1. The van der Waals surface area contributed by atoms with E-state index in [0.717, 1.165) is 35.0 Å². The van der Waals surface area contributed by atoms with Gasteiger partial charge >= 0.3 is 5.97 Å². The maximum Gasteiger partial charge on any atom is 0.327 e. The van der Waals surface area contributed by atoms with Crippen molar-refractivity contribution in [2.75, 3.05) is 12.9 Å². The molecule has 25 heavy (non-hydrogen) atoms. The number of aromatic nitrogens is 2. The van der Waals surface area contributed by atoms with Crippen molar-refractivity contribution in [2.24, 2.45) is 0 Å². The number of nitrogens with one attached hydrogen (secondary N) is 1. The number of ether oxygens (including phenoxy) is 1. The molecular formula is C17H27N3O3S2. The molecule has 6 nitrogen and oxygen atoms in total. The third-order valence-corrected chi connectivity index (χ3v) is 7.41. The molecule has 140 valence electrons. The van der Waals surface area contributed by atoms with Gasteiger partial charge in [0, 0.05) is 35.2 Å². The average molecular weight is 386 g/mol. The van der Waals surface area contributed by atoms with E-state index in [1.165, 1.54) is 25.7 Å². The van der Waals surface area contributed by atoms with Crippen molar-refractivity contribution in [3.8, 4) is 0 Å². The topological polar surface area (TPSA) is 73.2 Å². The fraction of sp³-hybridized carbons (Fsp3) is 0.706. The average Bonchev–Trinajstić information content (AvgIpc) is 3.19. The Morgan fingerprint density at radius 3 is 2.84 bits per heavy atom. The Hall–Kier alpha value is -1.15. The second-order valence-corrected chi connectivity index (χ2v) is 9.02. The molecule has 0 radical (unpaired) electrons. The highest BCUT2D eigenvalue weighted by Crippen LogP contribution is 2.39. The van der Waals surface area contributed by atoms with Gasteiger partial charge in [-0.3, -0.25) is 14.3 Å². The Balaban J connectivity index is 1.72. The van der Waals surface area contributed by atoms with Crippen molar-refractivity contribution in [3.05, 3.63) is 17.0 Å². The molecular weight excluding hydrogens is 358 g/mol. The number of hydrogen-bond acceptors (Lipinski definition) is 6. The van der Waals surface area contributed by atoms with E-state index in [1.54, 1.807) is 4.68 Å². The number of amides is 1. The van der Waals surface area contributed by atoms with Crippen LogP contribution in [0, 0.1) is 13.8 Å². The van der Waals surface area contributed by atoms with E-state index < -0.39 is 0 Å². The Morgan fingerprint density at radius 2 is 2.16 bits per heavy atom. The highest BCUT2D eigenvalue weighted by molar-refractivity contribution is 8.77. The van der Waals surface area contributed by atoms with Crippen LogP contribution in [-0.4, -0.2) is 39.8 Å². The van der Waals surface area contributed by atoms with E-state index in [1.807, 2.05) is 35.4 Å². The van der Waals surface area contributed by atoms with Crippen molar-refractivity contribution in [2.45, 2.75) is 64.3 Å². The summed E-state index contributed by atoms with van der Waals surface area (Å²) in [6.07, 6.45) is 5.13. The molecule has 1 aliphatic heterocycles. The van der Waals surface area contributed by atoms with Gasteiger partial charge in [-0.15, -0.1) is 0 Å². The molecule has 2 heterocycles. The molecule has 1 saturated heterocycles. The molecule has 0 spiro atoms. The summed E-state index contributed by atoms with van der Waals surface area (Å²) in [6.45, 7) is 4.34. The zero-order valence-corrected chi connectivity index (χ0v) is 16.8. The fourth-order valence-corrected chi connectivity index (χ4v) is 5.86. The molecule has 1 aromatic heterocycles. The third kappa shape index (κ3) is 6.26. The van der Waals surface area contributed by atoms with Crippen molar-refractivity contribution in [1.82, 2.24) is 15.1 Å². The van der Waals surface area contributed by atoms with Gasteiger partial charge in [-0.1, -0.05) is 28.0 Å². The van der Waals surface area contributed by atoms with Gasteiger partial charge in [0.15, 0.2) is 0 Å². The smallest absolute Gasteiger partial charge is 0.327 e. The first-order chi connectivity index (χ1) is 12.0. The molecule has 1 fully saturated rings. The molecule has 1 amide bonds. The van der Waals surface area contributed by atoms with Gasteiger partial charge in [-0.05, 0) is 33.1 Å². The molecule has 0 unspecified atom stereocenters. The summed E-state index contributed by atoms with van der Waals surface area (Å²) in [6, 6.07) is 0. The standard InChI is InChI=1S/C17H27N3O3S2/c1-12-15(13(2)20(19-12)11-17(22)23-3)10-18-16(21)7-5-4-6-14-8-9-24-25-14/h14H,4-11H2,1-3H3,(H,18,21)/t14-/m0/s1. The summed E-state index contributed by atoms with van der Waals surface area (Å²) in [5, 5.41) is 8.10. The summed E-state index contributed by atoms with van der Waals surface area (Å²) in [4.78, 5) is 23.5. The van der Waals surface area contributed by atoms with E-state index in [-0.39, 0.29) is 18.4 Å². The van der Waals surface area contributed by atoms with Gasteiger partial charge in [0.1, 0.15) is 6.54 Å². The number of methoxy groups -OCH3 is 1. The Kier molecular flexibility index (Phi) is 8.15. The maximum atomic E-state index is 12.0. The van der Waals surface area contributed by atoms with Crippen LogP contribution in [0.5, 0.6) is 0 Å². The van der Waals surface area contributed by atoms with E-state index in [4.69, 9.17) is 0 Å². The van der Waals surface area contributed by atoms with Gasteiger partial charge in [0.2, 0.25) is 5.91 Å². The second-order valence-electron chi connectivity index (χ2n) is 6.23. The molecule has 2 rings (SSSR count). The molecule has 1 N–H and O–H groups in total. The minimum absolute atomic E-state index is 0.0768. The van der Waals surface area contributed by atoms with Crippen LogP contribution in [0.4, 0.5) is 0 Å². The van der Waals surface area contributed by atoms with E-state index in [9.17, 15) is 9.59 Å². The zero-order valence-electron chi connectivity index (χ0n) is 15.2. The van der Waals surface area contributed by atoms with Crippen LogP contribution in [0.15, 0.2) is 0 Å². The van der Waals surface area contributed by atoms with Crippen molar-refractivity contribution < 1.29 is 14.3 Å². The largest absolute Gasteiger partial charge is 0.468 e. The molecule has 1 atom stereocenters. The van der Waals surface area contributed by atoms with E-state index >= 15 is 0 Å². The van der Waals surface area contributed by atoms with Crippen LogP contribution in [0.25, 0.3) is 0 Å². The lowest BCUT2D eigenvalue weighted by molar-refractivity contribution is -0.141. The van der Waals surface area contributed by atoms with Crippen LogP contribution < -0.4 is 5.32 Å². The molecule has 1 aromatic rings. The molecule has 0 aliphatic carbocycles. The summed E-state index contributed by atoms with van der Waals surface area (Å²) in [5.41, 5.74) is 2.69. The quantitative estimate of drug-likeness (QED) is 0.400. The molecule has 0 bridgehead atoms. The first-order valence-corrected chi connectivity index (χ1v) is 11.0. The van der Waals surface area contributed by atoms with Crippen LogP contribution in [0.3, 0.4) is 0 Å². The number of esters is 1.